The zero-order chi connectivity index (χ0) is 8.11. The maximum Gasteiger partial charge on any atom is 0.268 e. The Balaban J connectivity index is 2.06. The van der Waals surface area contributed by atoms with Crippen LogP contribution >= 0.6 is 11.8 Å². The van der Waals surface area contributed by atoms with Crippen LogP contribution in [0.15, 0.2) is 0 Å². The van der Waals surface area contributed by atoms with E-state index in [0.29, 0.717) is 0 Å². The molecule has 2 aliphatic rings. The third kappa shape index (κ3) is 0.991. The van der Waals surface area contributed by atoms with Crippen LogP contribution in [0.4, 0.5) is 8.78 Å². The maximum absolute atomic E-state index is 12.7. The Hall–Kier alpha value is 0.170. The van der Waals surface area contributed by atoms with E-state index in [1.807, 2.05) is 0 Å². The normalized spacial score (nSPS) is 47.7. The molecule has 11 heavy (non-hydrogen) atoms. The minimum absolute atomic E-state index is 0.0579. The number of thioether (sulfide) groups is 1. The minimum Gasteiger partial charge on any atom is -0.320 e. The molecule has 1 nitrogen and oxygen atoms in total. The van der Waals surface area contributed by atoms with Crippen LogP contribution in [-0.4, -0.2) is 23.0 Å². The summed E-state index contributed by atoms with van der Waals surface area (Å²) in [7, 11) is 0. The van der Waals surface area contributed by atoms with Gasteiger partial charge >= 0.3 is 0 Å². The molecule has 2 N–H and O–H groups in total. The summed E-state index contributed by atoms with van der Waals surface area (Å²) in [4.78, 5) is 0. The molecule has 0 radical (unpaired) electrons. The highest BCUT2D eigenvalue weighted by Gasteiger charge is 2.72. The van der Waals surface area contributed by atoms with Crippen molar-refractivity contribution in [2.24, 2.45) is 11.7 Å². The first-order chi connectivity index (χ1) is 5.06. The molecule has 0 spiro atoms. The van der Waals surface area contributed by atoms with Crippen molar-refractivity contribution in [3.63, 3.8) is 0 Å². The van der Waals surface area contributed by atoms with Crippen LogP contribution in [0.5, 0.6) is 0 Å². The van der Waals surface area contributed by atoms with Crippen LogP contribution in [0.3, 0.4) is 0 Å². The molecule has 1 saturated carbocycles. The Labute approximate surface area is 68.7 Å². The van der Waals surface area contributed by atoms with Gasteiger partial charge in [-0.3, -0.25) is 0 Å². The van der Waals surface area contributed by atoms with E-state index in [2.05, 4.69) is 0 Å². The van der Waals surface area contributed by atoms with Crippen LogP contribution in [-0.2, 0) is 0 Å². The van der Waals surface area contributed by atoms with E-state index < -0.39 is 11.5 Å². The zero-order valence-corrected chi connectivity index (χ0v) is 6.96. The molecule has 1 heterocycles. The van der Waals surface area contributed by atoms with E-state index in [4.69, 9.17) is 5.73 Å². The van der Waals surface area contributed by atoms with E-state index in [9.17, 15) is 8.78 Å². The Morgan fingerprint density at radius 1 is 1.45 bits per heavy atom. The molecule has 64 valence electrons. The van der Waals surface area contributed by atoms with Gasteiger partial charge in [0.05, 0.1) is 5.54 Å². The standard InChI is InChI=1S/C7H11F2NS/c8-7(9)4-6(7,10)5-1-2-11-3-5/h5H,1-4,10H2. The fraction of sp³-hybridized carbons (Fsp3) is 1.00. The molecule has 0 aromatic heterocycles. The molecular weight excluding hydrogens is 168 g/mol. The SMILES string of the molecule is NC1(C2CCSC2)CC1(F)F. The Morgan fingerprint density at radius 2 is 2.09 bits per heavy atom. The third-order valence-corrected chi connectivity index (χ3v) is 3.89. The maximum atomic E-state index is 12.7. The predicted molar refractivity (Wildman–Crippen MR) is 41.9 cm³/mol. The number of halogens is 2. The van der Waals surface area contributed by atoms with Crippen molar-refractivity contribution in [2.75, 3.05) is 11.5 Å². The molecule has 2 atom stereocenters. The molecule has 0 amide bonds. The van der Waals surface area contributed by atoms with Crippen molar-refractivity contribution < 1.29 is 8.78 Å². The predicted octanol–water partition coefficient (Wildman–Crippen LogP) is 1.48. The van der Waals surface area contributed by atoms with Gasteiger partial charge in [0.2, 0.25) is 0 Å². The fourth-order valence-electron chi connectivity index (χ4n) is 1.71. The van der Waals surface area contributed by atoms with E-state index in [-0.39, 0.29) is 12.3 Å². The number of rotatable bonds is 1. The summed E-state index contributed by atoms with van der Waals surface area (Å²) in [5.41, 5.74) is 4.44. The van der Waals surface area contributed by atoms with Crippen LogP contribution in [0.1, 0.15) is 12.8 Å². The van der Waals surface area contributed by atoms with E-state index in [1.54, 1.807) is 11.8 Å². The summed E-state index contributed by atoms with van der Waals surface area (Å²) in [6.45, 7) is 0. The second kappa shape index (κ2) is 2.10. The lowest BCUT2D eigenvalue weighted by Gasteiger charge is -2.16. The smallest absolute Gasteiger partial charge is 0.268 e. The van der Waals surface area contributed by atoms with Gasteiger partial charge in [0.1, 0.15) is 0 Å². The fourth-order valence-corrected chi connectivity index (χ4v) is 3.07. The summed E-state index contributed by atoms with van der Waals surface area (Å²) >= 11 is 1.74. The summed E-state index contributed by atoms with van der Waals surface area (Å²) in [6.07, 6.45) is 0.780. The number of hydrogen-bond acceptors (Lipinski definition) is 2. The van der Waals surface area contributed by atoms with Crippen molar-refractivity contribution in [1.29, 1.82) is 0 Å². The van der Waals surface area contributed by atoms with Crippen LogP contribution in [0, 0.1) is 5.92 Å². The summed E-state index contributed by atoms with van der Waals surface area (Å²) in [6, 6.07) is 0. The molecule has 0 aromatic carbocycles. The van der Waals surface area contributed by atoms with Crippen LogP contribution in [0.25, 0.3) is 0 Å². The minimum atomic E-state index is -2.57. The molecule has 2 unspecified atom stereocenters. The number of nitrogens with two attached hydrogens (primary N) is 1. The zero-order valence-electron chi connectivity index (χ0n) is 6.15. The summed E-state index contributed by atoms with van der Waals surface area (Å²) in [5, 5.41) is 0. The molecule has 2 rings (SSSR count). The van der Waals surface area contributed by atoms with Gasteiger partial charge in [-0.05, 0) is 23.8 Å². The highest BCUT2D eigenvalue weighted by atomic mass is 32.2. The topological polar surface area (TPSA) is 26.0 Å². The van der Waals surface area contributed by atoms with Crippen molar-refractivity contribution in [3.8, 4) is 0 Å². The second-order valence-corrected chi connectivity index (χ2v) is 4.63. The lowest BCUT2D eigenvalue weighted by atomic mass is 9.97. The quantitative estimate of drug-likeness (QED) is 0.659. The highest BCUT2D eigenvalue weighted by Crippen LogP contribution is 2.57. The second-order valence-electron chi connectivity index (χ2n) is 3.48. The van der Waals surface area contributed by atoms with Crippen molar-refractivity contribution in [3.05, 3.63) is 0 Å². The molecule has 1 aliphatic heterocycles. The molecular formula is C7H11F2NS. The van der Waals surface area contributed by atoms with Gasteiger partial charge in [0.25, 0.3) is 5.92 Å². The van der Waals surface area contributed by atoms with Gasteiger partial charge in [-0.15, -0.1) is 0 Å². The first-order valence-electron chi connectivity index (χ1n) is 3.81. The van der Waals surface area contributed by atoms with Crippen molar-refractivity contribution in [1.82, 2.24) is 0 Å². The largest absolute Gasteiger partial charge is 0.320 e. The van der Waals surface area contributed by atoms with Gasteiger partial charge < -0.3 is 5.73 Å². The molecule has 0 aromatic rings. The Morgan fingerprint density at radius 3 is 2.45 bits per heavy atom. The van der Waals surface area contributed by atoms with E-state index in [1.165, 1.54) is 0 Å². The lowest BCUT2D eigenvalue weighted by Crippen LogP contribution is -2.38. The first kappa shape index (κ1) is 7.80. The summed E-state index contributed by atoms with van der Waals surface area (Å²) < 4.78 is 25.4. The summed E-state index contributed by atoms with van der Waals surface area (Å²) in [5.74, 6) is -0.684. The highest BCUT2D eigenvalue weighted by molar-refractivity contribution is 7.99. The molecule has 1 aliphatic carbocycles. The van der Waals surface area contributed by atoms with Gasteiger partial charge in [0, 0.05) is 6.42 Å². The Bertz CT molecular complexity index is 179. The average molecular weight is 179 g/mol. The van der Waals surface area contributed by atoms with E-state index >= 15 is 0 Å². The Kier molecular flexibility index (Phi) is 1.49. The monoisotopic (exact) mass is 179 g/mol. The van der Waals surface area contributed by atoms with Gasteiger partial charge in [-0.25, -0.2) is 8.78 Å². The number of alkyl halides is 2. The van der Waals surface area contributed by atoms with Crippen LogP contribution in [0.2, 0.25) is 0 Å². The van der Waals surface area contributed by atoms with Crippen LogP contribution < -0.4 is 5.73 Å². The molecule has 1 saturated heterocycles. The van der Waals surface area contributed by atoms with Gasteiger partial charge in [-0.2, -0.15) is 11.8 Å². The van der Waals surface area contributed by atoms with Crippen molar-refractivity contribution >= 4 is 11.8 Å². The molecule has 4 heteroatoms. The van der Waals surface area contributed by atoms with Gasteiger partial charge in [0.15, 0.2) is 0 Å². The van der Waals surface area contributed by atoms with E-state index in [0.717, 1.165) is 17.9 Å². The lowest BCUT2D eigenvalue weighted by molar-refractivity contribution is 0.0757. The van der Waals surface area contributed by atoms with Crippen molar-refractivity contribution in [2.45, 2.75) is 24.3 Å². The first-order valence-corrected chi connectivity index (χ1v) is 4.96. The van der Waals surface area contributed by atoms with Gasteiger partial charge in [-0.1, -0.05) is 0 Å². The molecule has 0 bridgehead atoms. The average Bonchev–Trinajstić information content (AvgIpc) is 2.36. The number of hydrogen-bond donors (Lipinski definition) is 1. The molecule has 2 fully saturated rings. The third-order valence-electron chi connectivity index (χ3n) is 2.73.